The maximum absolute atomic E-state index is 8.78. The predicted molar refractivity (Wildman–Crippen MR) is 268 cm³/mol. The van der Waals surface area contributed by atoms with E-state index in [4.69, 9.17) is 19.9 Å². The second-order valence-corrected chi connectivity index (χ2v) is 24.7. The zero-order valence-corrected chi connectivity index (χ0v) is 42.2. The molecular weight excluding hydrogens is 977 g/mol. The van der Waals surface area contributed by atoms with Gasteiger partial charge in [0.05, 0.1) is 30.5 Å². The Kier molecular flexibility index (Phi) is 12.0. The van der Waals surface area contributed by atoms with Crippen molar-refractivity contribution < 1.29 is 30.0 Å². The zero-order valence-electron chi connectivity index (χ0n) is 42.8. The molecule has 0 unspecified atom stereocenters. The van der Waals surface area contributed by atoms with E-state index < -0.39 is 26.2 Å². The molecule has 5 nitrogen and oxygen atoms in total. The molecule has 0 fully saturated rings. The molecule has 0 saturated heterocycles. The van der Waals surface area contributed by atoms with E-state index in [-0.39, 0.29) is 31.4 Å². The molecule has 329 valence electrons. The van der Waals surface area contributed by atoms with Gasteiger partial charge in [-0.25, -0.2) is 4.98 Å². The van der Waals surface area contributed by atoms with E-state index in [1.165, 1.54) is 5.56 Å². The van der Waals surface area contributed by atoms with Crippen molar-refractivity contribution in [2.24, 2.45) is 11.3 Å². The van der Waals surface area contributed by atoms with Crippen LogP contribution in [0, 0.1) is 23.5 Å². The van der Waals surface area contributed by atoms with Crippen LogP contribution in [0.3, 0.4) is 0 Å². The van der Waals surface area contributed by atoms with Crippen LogP contribution in [0.5, 0.6) is 0 Å². The van der Waals surface area contributed by atoms with Crippen molar-refractivity contribution in [2.45, 2.75) is 93.2 Å². The molecule has 0 bridgehead atoms. The van der Waals surface area contributed by atoms with Crippen molar-refractivity contribution >= 4 is 46.4 Å². The van der Waals surface area contributed by atoms with Gasteiger partial charge in [-0.3, -0.25) is 4.98 Å². The Hall–Kier alpha value is -5.46. The SMILES string of the molecule is [2H]C([2H])(c1cc(-c2[c-]cccc2)ncc1[Si](C)(C)C)C(C)C.[2H]C([2H])(c1ccc2c(n1)oc1c(-c3nc4ccccc4n3-c3ccc(C(C)(C)C)cc3-c3ccccc3)[c-]ccc12)C(C)(C)C.[Ir]. The number of benzene rings is 5. The van der Waals surface area contributed by atoms with Gasteiger partial charge in [0.1, 0.15) is 0 Å². The average molecular weight is 1040 g/mol. The van der Waals surface area contributed by atoms with Gasteiger partial charge < -0.3 is 14.0 Å². The van der Waals surface area contributed by atoms with Crippen LogP contribution >= 0.6 is 0 Å². The van der Waals surface area contributed by atoms with Crippen LogP contribution in [0.15, 0.2) is 138 Å². The molecular formula is C57H60IrN4OSi-2. The third-order valence-electron chi connectivity index (χ3n) is 10.9. The summed E-state index contributed by atoms with van der Waals surface area (Å²) >= 11 is 0. The largest absolute Gasteiger partial charge is 0.486 e. The molecule has 64 heavy (non-hydrogen) atoms. The molecule has 7 heteroatoms. The smallest absolute Gasteiger partial charge is 0.216 e. The van der Waals surface area contributed by atoms with Gasteiger partial charge in [-0.2, -0.15) is 0 Å². The van der Waals surface area contributed by atoms with Gasteiger partial charge in [0.25, 0.3) is 0 Å². The van der Waals surface area contributed by atoms with Crippen LogP contribution < -0.4 is 5.19 Å². The van der Waals surface area contributed by atoms with Gasteiger partial charge in [0.15, 0.2) is 0 Å². The predicted octanol–water partition coefficient (Wildman–Crippen LogP) is 14.6. The number of aromatic nitrogens is 4. The van der Waals surface area contributed by atoms with E-state index in [2.05, 4.69) is 111 Å². The van der Waals surface area contributed by atoms with E-state index in [0.717, 1.165) is 66.2 Å². The molecule has 9 rings (SSSR count). The number of nitrogens with zero attached hydrogens (tertiary/aromatic N) is 4. The van der Waals surface area contributed by atoms with E-state index in [1.54, 1.807) is 6.07 Å². The number of hydrogen-bond donors (Lipinski definition) is 0. The van der Waals surface area contributed by atoms with Crippen LogP contribution in [0.25, 0.3) is 72.6 Å². The third-order valence-corrected chi connectivity index (χ3v) is 12.9. The first-order chi connectivity index (χ1) is 31.5. The Morgan fingerprint density at radius 3 is 2.19 bits per heavy atom. The van der Waals surface area contributed by atoms with E-state index >= 15 is 0 Å². The number of pyridine rings is 2. The topological polar surface area (TPSA) is 56.7 Å². The van der Waals surface area contributed by atoms with E-state index in [9.17, 15) is 0 Å². The minimum atomic E-state index is -1.67. The van der Waals surface area contributed by atoms with Crippen LogP contribution in [0.1, 0.15) is 77.7 Å². The fourth-order valence-corrected chi connectivity index (χ4v) is 9.31. The molecule has 5 aromatic carbocycles. The molecule has 0 saturated carbocycles. The summed E-state index contributed by atoms with van der Waals surface area (Å²) in [6, 6.07) is 49.2. The van der Waals surface area contributed by atoms with Gasteiger partial charge in [-0.1, -0.05) is 146 Å². The van der Waals surface area contributed by atoms with Crippen molar-refractivity contribution in [1.82, 2.24) is 19.5 Å². The fourth-order valence-electron chi connectivity index (χ4n) is 7.91. The van der Waals surface area contributed by atoms with Crippen LogP contribution in [-0.4, -0.2) is 27.6 Å². The first-order valence-electron chi connectivity index (χ1n) is 23.9. The van der Waals surface area contributed by atoms with Crippen LogP contribution in [0.4, 0.5) is 0 Å². The Labute approximate surface area is 400 Å². The Bertz CT molecular complexity index is 3240. The molecule has 4 heterocycles. The first-order valence-corrected chi connectivity index (χ1v) is 25.4. The first kappa shape index (κ1) is 41.3. The number of imidazole rings is 1. The van der Waals surface area contributed by atoms with Crippen molar-refractivity contribution in [3.63, 3.8) is 0 Å². The summed E-state index contributed by atoms with van der Waals surface area (Å²) in [5.41, 5.74) is 10.3. The standard InChI is InChI=1S/C39H36N3O.C18H24NSi.Ir/c1-38(2,3)24-27-20-21-29-28-15-12-16-30(35(28)43-37(29)40-27)36-41-32-17-10-11-18-34(32)42(36)33-22-19-26(39(4,5)6)23-31(33)25-13-8-7-9-14-25;1-14(2)11-16-12-17(15-9-7-6-8-10-15)19-13-18(16)20(3,4)5;/h7-15,17-23H,24H2,1-6H3;6-9,12-14H,11H2,1-5H3;/q2*-1;/i24D2;11D2;. The van der Waals surface area contributed by atoms with Gasteiger partial charge in [0.2, 0.25) is 5.71 Å². The van der Waals surface area contributed by atoms with Gasteiger partial charge in [0, 0.05) is 54.1 Å². The monoisotopic (exact) mass is 1040 g/mol. The molecule has 4 aromatic heterocycles. The van der Waals surface area contributed by atoms with Crippen molar-refractivity contribution in [2.75, 3.05) is 0 Å². The van der Waals surface area contributed by atoms with E-state index in [1.807, 2.05) is 114 Å². The number of furan rings is 1. The molecule has 0 aliphatic rings. The molecule has 9 aromatic rings. The minimum Gasteiger partial charge on any atom is -0.486 e. The zero-order chi connectivity index (χ0) is 48.3. The number of fused-ring (bicyclic) bond motifs is 4. The number of rotatable bonds is 8. The maximum Gasteiger partial charge on any atom is 0.216 e. The molecule has 0 aliphatic carbocycles. The van der Waals surface area contributed by atoms with Crippen molar-refractivity contribution in [1.29, 1.82) is 0 Å². The third kappa shape index (κ3) is 10.1. The summed E-state index contributed by atoms with van der Waals surface area (Å²) in [7, 11) is -1.67. The fraction of sp³-hybridized carbons (Fsp3) is 0.281. The molecule has 0 spiro atoms. The van der Waals surface area contributed by atoms with Gasteiger partial charge in [-0.15, -0.1) is 54.1 Å². The van der Waals surface area contributed by atoms with Crippen LogP contribution in [0.2, 0.25) is 19.6 Å². The second kappa shape index (κ2) is 18.6. The van der Waals surface area contributed by atoms with Gasteiger partial charge in [-0.05, 0) is 87.9 Å². The summed E-state index contributed by atoms with van der Waals surface area (Å²) < 4.78 is 43.4. The minimum absolute atomic E-state index is 0. The summed E-state index contributed by atoms with van der Waals surface area (Å²) in [4.78, 5) is 14.5. The molecule has 0 N–H and O–H groups in total. The summed E-state index contributed by atoms with van der Waals surface area (Å²) in [6.45, 7) is 22.9. The molecule has 0 amide bonds. The Morgan fingerprint density at radius 2 is 1.50 bits per heavy atom. The quantitative estimate of drug-likeness (QED) is 0.112. The summed E-state index contributed by atoms with van der Waals surface area (Å²) in [6.07, 6.45) is -1.11. The average Bonchev–Trinajstić information content (AvgIpc) is 3.87. The van der Waals surface area contributed by atoms with E-state index in [0.29, 0.717) is 22.8 Å². The second-order valence-electron chi connectivity index (χ2n) is 19.7. The Balaban J connectivity index is 0.000000251. The summed E-state index contributed by atoms with van der Waals surface area (Å²) in [5, 5.41) is 2.82. The number of para-hydroxylation sites is 2. The summed E-state index contributed by atoms with van der Waals surface area (Å²) in [5.74, 6) is 0.629. The van der Waals surface area contributed by atoms with Crippen molar-refractivity contribution in [3.8, 4) is 39.5 Å². The van der Waals surface area contributed by atoms with Crippen molar-refractivity contribution in [3.05, 3.63) is 163 Å². The molecule has 1 radical (unpaired) electrons. The Morgan fingerprint density at radius 1 is 0.766 bits per heavy atom. The maximum atomic E-state index is 8.78. The number of hydrogen-bond acceptors (Lipinski definition) is 4. The molecule has 0 atom stereocenters. The normalized spacial score (nSPS) is 13.5. The molecule has 0 aliphatic heterocycles. The van der Waals surface area contributed by atoms with Gasteiger partial charge >= 0.3 is 0 Å². The van der Waals surface area contributed by atoms with Crippen LogP contribution in [-0.2, 0) is 38.3 Å².